The van der Waals surface area contributed by atoms with Gasteiger partial charge in [0, 0.05) is 25.5 Å². The first-order chi connectivity index (χ1) is 24.2. The SMILES string of the molecule is CCC(C)C(NC(=O)C1C2CCC3(OCOC)C2CC3N1C(=O)C(NC(=O)C(NC(=O)c1cnccn1)C(C)C)C(C)C)C(=O)C(=O)NC1CC1. The Morgan fingerprint density at radius 2 is 1.65 bits per heavy atom. The van der Waals surface area contributed by atoms with Crippen LogP contribution in [0.3, 0.4) is 0 Å². The number of nitrogens with zero attached hydrogens (tertiary/aromatic N) is 3. The zero-order valence-corrected chi connectivity index (χ0v) is 30.6. The Kier molecular flexibility index (Phi) is 11.8. The van der Waals surface area contributed by atoms with E-state index in [9.17, 15) is 28.8 Å². The monoisotopic (exact) mass is 711 g/mol. The first-order valence-electron chi connectivity index (χ1n) is 18.2. The maximum absolute atomic E-state index is 14.9. The minimum Gasteiger partial charge on any atom is -0.359 e. The minimum absolute atomic E-state index is 0.0120. The molecule has 5 rings (SSSR count). The van der Waals surface area contributed by atoms with Crippen LogP contribution in [0.4, 0.5) is 0 Å². The smallest absolute Gasteiger partial charge is 0.289 e. The molecule has 51 heavy (non-hydrogen) atoms. The van der Waals surface area contributed by atoms with E-state index in [1.165, 1.54) is 25.7 Å². The summed E-state index contributed by atoms with van der Waals surface area (Å²) in [6.07, 6.45) is 8.12. The molecule has 3 saturated carbocycles. The molecule has 4 bridgehead atoms. The molecule has 9 atom stereocenters. The number of ketones is 1. The van der Waals surface area contributed by atoms with Crippen molar-refractivity contribution in [1.29, 1.82) is 0 Å². The molecule has 280 valence electrons. The maximum atomic E-state index is 14.9. The van der Waals surface area contributed by atoms with Gasteiger partial charge in [0.1, 0.15) is 30.6 Å². The number of hydrogen-bond acceptors (Lipinski definition) is 10. The number of aromatic nitrogens is 2. The van der Waals surface area contributed by atoms with Gasteiger partial charge in [0.05, 0.1) is 23.9 Å². The van der Waals surface area contributed by atoms with Gasteiger partial charge in [0.2, 0.25) is 23.5 Å². The van der Waals surface area contributed by atoms with Crippen molar-refractivity contribution in [1.82, 2.24) is 36.1 Å². The summed E-state index contributed by atoms with van der Waals surface area (Å²) in [6.45, 7) is 10.9. The molecular weight excluding hydrogens is 658 g/mol. The van der Waals surface area contributed by atoms with Crippen molar-refractivity contribution in [2.45, 2.75) is 122 Å². The number of methoxy groups -OCH3 is 1. The largest absolute Gasteiger partial charge is 0.359 e. The number of Topliss-reactive ketones (excluding diaryl/α,β-unsaturated/α-hetero) is 1. The van der Waals surface area contributed by atoms with E-state index in [1.54, 1.807) is 32.6 Å². The van der Waals surface area contributed by atoms with Gasteiger partial charge in [-0.3, -0.25) is 33.8 Å². The number of carbonyl (C=O) groups is 6. The molecule has 15 heteroatoms. The molecule has 1 aromatic rings. The minimum atomic E-state index is -1.07. The Morgan fingerprint density at radius 3 is 2.24 bits per heavy atom. The molecule has 15 nitrogen and oxygen atoms in total. The van der Waals surface area contributed by atoms with Crippen LogP contribution in [0.15, 0.2) is 18.6 Å². The lowest BCUT2D eigenvalue weighted by Crippen LogP contribution is -2.78. The van der Waals surface area contributed by atoms with Gasteiger partial charge in [0.25, 0.3) is 11.8 Å². The lowest BCUT2D eigenvalue weighted by atomic mass is 9.58. The summed E-state index contributed by atoms with van der Waals surface area (Å²) in [4.78, 5) is 91.9. The van der Waals surface area contributed by atoms with Crippen LogP contribution in [0.25, 0.3) is 0 Å². The van der Waals surface area contributed by atoms with Gasteiger partial charge in [0.15, 0.2) is 0 Å². The van der Waals surface area contributed by atoms with Crippen molar-refractivity contribution in [2.75, 3.05) is 13.9 Å². The topological polar surface area (TPSA) is 198 Å². The second kappa shape index (κ2) is 15.7. The summed E-state index contributed by atoms with van der Waals surface area (Å²) in [5.74, 6) is -4.90. The Morgan fingerprint density at radius 1 is 0.941 bits per heavy atom. The molecule has 9 unspecified atom stereocenters. The maximum Gasteiger partial charge on any atom is 0.289 e. The highest BCUT2D eigenvalue weighted by Gasteiger charge is 2.73. The molecule has 0 aromatic carbocycles. The molecule has 0 radical (unpaired) electrons. The van der Waals surface area contributed by atoms with Crippen molar-refractivity contribution in [2.24, 2.45) is 29.6 Å². The molecule has 1 aromatic heterocycles. The van der Waals surface area contributed by atoms with E-state index in [0.29, 0.717) is 25.7 Å². The molecule has 4 N–H and O–H groups in total. The first-order valence-corrected chi connectivity index (χ1v) is 18.2. The summed E-state index contributed by atoms with van der Waals surface area (Å²) < 4.78 is 11.6. The average Bonchev–Trinajstić information content (AvgIpc) is 3.90. The van der Waals surface area contributed by atoms with Crippen molar-refractivity contribution in [3.05, 3.63) is 24.3 Å². The van der Waals surface area contributed by atoms with Gasteiger partial charge in [-0.25, -0.2) is 4.98 Å². The highest BCUT2D eigenvalue weighted by Crippen LogP contribution is 2.63. The molecule has 4 aliphatic rings. The Bertz CT molecular complexity index is 1490. The van der Waals surface area contributed by atoms with E-state index >= 15 is 0 Å². The number of rotatable bonds is 17. The second-order valence-corrected chi connectivity index (χ2v) is 15.3. The van der Waals surface area contributed by atoms with Crippen molar-refractivity contribution < 1.29 is 38.2 Å². The summed E-state index contributed by atoms with van der Waals surface area (Å²) in [5.41, 5.74) is -0.662. The zero-order valence-electron chi connectivity index (χ0n) is 30.6. The van der Waals surface area contributed by atoms with Gasteiger partial charge in [-0.2, -0.15) is 0 Å². The Balaban J connectivity index is 1.42. The van der Waals surface area contributed by atoms with Crippen LogP contribution in [0.2, 0.25) is 0 Å². The predicted octanol–water partition coefficient (Wildman–Crippen LogP) is 1.12. The molecular formula is C36H53N7O8. The lowest BCUT2D eigenvalue weighted by Gasteiger charge is -2.64. The third-order valence-corrected chi connectivity index (χ3v) is 11.3. The summed E-state index contributed by atoms with van der Waals surface area (Å²) >= 11 is 0. The van der Waals surface area contributed by atoms with E-state index in [4.69, 9.17) is 9.47 Å². The van der Waals surface area contributed by atoms with Crippen LogP contribution in [0.5, 0.6) is 0 Å². The number of amides is 5. The Hall–Kier alpha value is -3.98. The van der Waals surface area contributed by atoms with Crippen LogP contribution in [0.1, 0.15) is 90.6 Å². The van der Waals surface area contributed by atoms with Gasteiger partial charge >= 0.3 is 0 Å². The lowest BCUT2D eigenvalue weighted by molar-refractivity contribution is -0.258. The molecule has 2 heterocycles. The van der Waals surface area contributed by atoms with Gasteiger partial charge in [-0.1, -0.05) is 48.0 Å². The number of likely N-dealkylation sites (tertiary alicyclic amines) is 1. The highest BCUT2D eigenvalue weighted by molar-refractivity contribution is 6.38. The van der Waals surface area contributed by atoms with Gasteiger partial charge in [-0.15, -0.1) is 0 Å². The fourth-order valence-corrected chi connectivity index (χ4v) is 8.04. The van der Waals surface area contributed by atoms with Crippen molar-refractivity contribution >= 4 is 35.3 Å². The van der Waals surface area contributed by atoms with Crippen LogP contribution in [-0.2, 0) is 33.4 Å². The van der Waals surface area contributed by atoms with E-state index in [1.807, 2.05) is 13.8 Å². The first kappa shape index (κ1) is 38.3. The summed E-state index contributed by atoms with van der Waals surface area (Å²) in [6, 6.07) is -4.59. The molecule has 0 spiro atoms. The molecule has 3 aliphatic carbocycles. The second-order valence-electron chi connectivity index (χ2n) is 15.3. The van der Waals surface area contributed by atoms with E-state index in [0.717, 1.165) is 12.8 Å². The molecule has 5 amide bonds. The summed E-state index contributed by atoms with van der Waals surface area (Å²) in [7, 11) is 1.53. The van der Waals surface area contributed by atoms with Gasteiger partial charge in [-0.05, 0) is 61.7 Å². The third kappa shape index (κ3) is 7.64. The van der Waals surface area contributed by atoms with Crippen LogP contribution < -0.4 is 21.3 Å². The fraction of sp³-hybridized carbons (Fsp3) is 0.722. The normalized spacial score (nSPS) is 27.1. The van der Waals surface area contributed by atoms with Crippen LogP contribution >= 0.6 is 0 Å². The fourth-order valence-electron chi connectivity index (χ4n) is 8.04. The number of piperidine rings is 2. The number of carbonyl (C=O) groups excluding carboxylic acids is 6. The highest BCUT2D eigenvalue weighted by atomic mass is 16.7. The zero-order chi connectivity index (χ0) is 37.2. The molecule has 1 saturated heterocycles. The van der Waals surface area contributed by atoms with Crippen molar-refractivity contribution in [3.8, 4) is 0 Å². The Labute approximate surface area is 299 Å². The molecule has 4 fully saturated rings. The summed E-state index contributed by atoms with van der Waals surface area (Å²) in [5, 5.41) is 11.3. The van der Waals surface area contributed by atoms with E-state index in [2.05, 4.69) is 31.2 Å². The van der Waals surface area contributed by atoms with E-state index in [-0.39, 0.29) is 42.2 Å². The average molecular weight is 712 g/mol. The third-order valence-electron chi connectivity index (χ3n) is 11.3. The van der Waals surface area contributed by atoms with Crippen molar-refractivity contribution in [3.63, 3.8) is 0 Å². The standard InChI is InChI=1S/C36H53N7O8/c1-8-20(6)28(30(44)34(48)39-21-9-10-21)42-33(47)29-22-11-12-36(51-17-50-7)23(22)15-25(36)43(29)35(49)27(19(4)5)41-32(46)26(18(2)3)40-31(45)24-16-37-13-14-38-24/h13-14,16,18-23,25-29H,8-12,15,17H2,1-7H3,(H,39,48)(H,40,45)(H,41,46)(H,42,47). The molecule has 1 aliphatic heterocycles. The number of ether oxygens (including phenoxy) is 2. The number of hydrogen-bond donors (Lipinski definition) is 4. The van der Waals surface area contributed by atoms with Gasteiger partial charge < -0.3 is 35.6 Å². The van der Waals surface area contributed by atoms with Crippen LogP contribution in [-0.4, -0.2) is 106 Å². The quantitative estimate of drug-likeness (QED) is 0.134. The number of nitrogens with one attached hydrogen (secondary N) is 4. The van der Waals surface area contributed by atoms with E-state index < -0.39 is 77.0 Å². The predicted molar refractivity (Wildman–Crippen MR) is 183 cm³/mol. The van der Waals surface area contributed by atoms with Crippen LogP contribution in [0, 0.1) is 29.6 Å².